The van der Waals surface area contributed by atoms with Crippen LogP contribution >= 0.6 is 11.6 Å². The Hall–Kier alpha value is -2.09. The molecule has 0 saturated carbocycles. The van der Waals surface area contributed by atoms with Crippen LogP contribution in [0.15, 0.2) is 53.4 Å². The molecule has 0 aromatic heterocycles. The van der Waals surface area contributed by atoms with E-state index in [1.807, 2.05) is 0 Å². The molecule has 25 heavy (non-hydrogen) atoms. The molecular weight excluding hydrogens is 364 g/mol. The summed E-state index contributed by atoms with van der Waals surface area (Å²) in [6.07, 6.45) is 0. The topological polar surface area (TPSA) is 75.7 Å². The number of halogens is 1. The van der Waals surface area contributed by atoms with Crippen molar-refractivity contribution in [2.75, 3.05) is 25.1 Å². The molecule has 6 nitrogen and oxygen atoms in total. The van der Waals surface area contributed by atoms with Gasteiger partial charge in [0.1, 0.15) is 5.75 Å². The van der Waals surface area contributed by atoms with Crippen LogP contribution in [-0.2, 0) is 14.8 Å². The second-order valence-electron chi connectivity index (χ2n) is 5.22. The Kier molecular flexibility index (Phi) is 6.41. The first-order valence-corrected chi connectivity index (χ1v) is 9.37. The Bertz CT molecular complexity index is 838. The van der Waals surface area contributed by atoms with Crippen molar-refractivity contribution in [3.05, 3.63) is 53.6 Å². The fourth-order valence-electron chi connectivity index (χ4n) is 2.24. The zero-order chi connectivity index (χ0) is 18.4. The van der Waals surface area contributed by atoms with Crippen molar-refractivity contribution >= 4 is 33.2 Å². The van der Waals surface area contributed by atoms with Gasteiger partial charge in [-0.25, -0.2) is 13.1 Å². The first kappa shape index (κ1) is 19.2. The van der Waals surface area contributed by atoms with Crippen LogP contribution in [0, 0.1) is 0 Å². The number of methoxy groups -OCH3 is 1. The third-order valence-corrected chi connectivity index (χ3v) is 5.21. The van der Waals surface area contributed by atoms with Gasteiger partial charge < -0.3 is 9.64 Å². The van der Waals surface area contributed by atoms with E-state index in [0.717, 1.165) is 0 Å². The molecule has 0 atom stereocenters. The van der Waals surface area contributed by atoms with Crippen LogP contribution in [0.1, 0.15) is 6.92 Å². The summed E-state index contributed by atoms with van der Waals surface area (Å²) in [5.74, 6) is 0.369. The summed E-state index contributed by atoms with van der Waals surface area (Å²) in [7, 11) is -2.16. The van der Waals surface area contributed by atoms with E-state index in [-0.39, 0.29) is 23.9 Å². The van der Waals surface area contributed by atoms with E-state index in [4.69, 9.17) is 16.3 Å². The summed E-state index contributed by atoms with van der Waals surface area (Å²) in [5.41, 5.74) is 0.614. The van der Waals surface area contributed by atoms with Crippen LogP contribution in [0.25, 0.3) is 0 Å². The van der Waals surface area contributed by atoms with Crippen LogP contribution in [0.5, 0.6) is 5.75 Å². The molecule has 0 heterocycles. The van der Waals surface area contributed by atoms with Crippen molar-refractivity contribution in [2.45, 2.75) is 11.8 Å². The standard InChI is InChI=1S/C17H19ClN2O4S/c1-13(21)20(15-5-3-4-14(18)12-15)11-10-19-25(22,23)17-8-6-16(24-2)7-9-17/h3-9,12,19H,10-11H2,1-2H3. The maximum Gasteiger partial charge on any atom is 0.240 e. The van der Waals surface area contributed by atoms with Crippen LogP contribution in [0.4, 0.5) is 5.69 Å². The van der Waals surface area contributed by atoms with E-state index in [9.17, 15) is 13.2 Å². The van der Waals surface area contributed by atoms with E-state index in [1.54, 1.807) is 36.4 Å². The number of benzene rings is 2. The number of hydrogen-bond acceptors (Lipinski definition) is 4. The molecule has 0 aliphatic carbocycles. The van der Waals surface area contributed by atoms with Gasteiger partial charge in [-0.1, -0.05) is 17.7 Å². The number of ether oxygens (including phenoxy) is 1. The summed E-state index contributed by atoms with van der Waals surface area (Å²) in [5, 5.41) is 0.502. The number of carbonyl (C=O) groups excluding carboxylic acids is 1. The van der Waals surface area contributed by atoms with Gasteiger partial charge in [-0.3, -0.25) is 4.79 Å². The molecule has 0 bridgehead atoms. The summed E-state index contributed by atoms with van der Waals surface area (Å²) >= 11 is 5.95. The van der Waals surface area contributed by atoms with Crippen molar-refractivity contribution < 1.29 is 17.9 Å². The highest BCUT2D eigenvalue weighted by molar-refractivity contribution is 7.89. The van der Waals surface area contributed by atoms with Crippen LogP contribution in [0.3, 0.4) is 0 Å². The molecule has 2 aromatic rings. The van der Waals surface area contributed by atoms with Gasteiger partial charge in [-0.15, -0.1) is 0 Å². The Morgan fingerprint density at radius 1 is 1.20 bits per heavy atom. The molecule has 2 rings (SSSR count). The lowest BCUT2D eigenvalue weighted by molar-refractivity contribution is -0.116. The first-order valence-electron chi connectivity index (χ1n) is 7.51. The van der Waals surface area contributed by atoms with Gasteiger partial charge in [0, 0.05) is 30.7 Å². The van der Waals surface area contributed by atoms with Crippen LogP contribution in [-0.4, -0.2) is 34.5 Å². The average Bonchev–Trinajstić information content (AvgIpc) is 2.58. The molecule has 0 unspecified atom stereocenters. The maximum absolute atomic E-state index is 12.3. The second-order valence-corrected chi connectivity index (χ2v) is 7.43. The number of nitrogens with one attached hydrogen (secondary N) is 1. The zero-order valence-electron chi connectivity index (χ0n) is 13.9. The maximum atomic E-state index is 12.3. The number of nitrogens with zero attached hydrogens (tertiary/aromatic N) is 1. The molecule has 1 amide bonds. The smallest absolute Gasteiger partial charge is 0.240 e. The number of anilines is 1. The van der Waals surface area contributed by atoms with Gasteiger partial charge in [-0.05, 0) is 42.5 Å². The fraction of sp³-hybridized carbons (Fsp3) is 0.235. The van der Waals surface area contributed by atoms with Gasteiger partial charge in [0.15, 0.2) is 0 Å². The minimum atomic E-state index is -3.67. The van der Waals surface area contributed by atoms with E-state index < -0.39 is 10.0 Å². The molecule has 0 radical (unpaired) electrons. The van der Waals surface area contributed by atoms with Gasteiger partial charge in [0.05, 0.1) is 12.0 Å². The lowest BCUT2D eigenvalue weighted by atomic mass is 10.3. The van der Waals surface area contributed by atoms with Crippen LogP contribution < -0.4 is 14.4 Å². The monoisotopic (exact) mass is 382 g/mol. The molecular formula is C17H19ClN2O4S. The highest BCUT2D eigenvalue weighted by Crippen LogP contribution is 2.19. The number of amides is 1. The van der Waals surface area contributed by atoms with Gasteiger partial charge in [0.25, 0.3) is 0 Å². The molecule has 0 spiro atoms. The number of hydrogen-bond donors (Lipinski definition) is 1. The predicted octanol–water partition coefficient (Wildman–Crippen LogP) is 2.68. The quantitative estimate of drug-likeness (QED) is 0.798. The summed E-state index contributed by atoms with van der Waals surface area (Å²) < 4.78 is 32.1. The molecule has 0 aliphatic rings. The van der Waals surface area contributed by atoms with Crippen molar-refractivity contribution in [1.82, 2.24) is 4.72 Å². The van der Waals surface area contributed by atoms with Gasteiger partial charge >= 0.3 is 0 Å². The number of sulfonamides is 1. The van der Waals surface area contributed by atoms with Crippen molar-refractivity contribution in [3.63, 3.8) is 0 Å². The van der Waals surface area contributed by atoms with E-state index in [2.05, 4.69) is 4.72 Å². The summed E-state index contributed by atoms with van der Waals surface area (Å²) in [6, 6.07) is 12.9. The molecule has 2 aromatic carbocycles. The van der Waals surface area contributed by atoms with Gasteiger partial charge in [-0.2, -0.15) is 0 Å². The second kappa shape index (κ2) is 8.33. The number of rotatable bonds is 7. The van der Waals surface area contributed by atoms with Crippen molar-refractivity contribution in [3.8, 4) is 5.75 Å². The fourth-order valence-corrected chi connectivity index (χ4v) is 3.45. The lowest BCUT2D eigenvalue weighted by Gasteiger charge is -2.21. The molecule has 0 aliphatic heterocycles. The minimum absolute atomic E-state index is 0.0699. The largest absolute Gasteiger partial charge is 0.497 e. The van der Waals surface area contributed by atoms with Crippen molar-refractivity contribution in [2.24, 2.45) is 0 Å². The Labute approximate surface area is 152 Å². The molecule has 134 valence electrons. The summed E-state index contributed by atoms with van der Waals surface area (Å²) in [4.78, 5) is 13.4. The highest BCUT2D eigenvalue weighted by Gasteiger charge is 2.16. The molecule has 1 N–H and O–H groups in total. The third kappa shape index (κ3) is 5.19. The molecule has 8 heteroatoms. The Morgan fingerprint density at radius 3 is 2.44 bits per heavy atom. The summed E-state index contributed by atoms with van der Waals surface area (Å²) in [6.45, 7) is 1.67. The molecule has 0 fully saturated rings. The lowest BCUT2D eigenvalue weighted by Crippen LogP contribution is -2.37. The Balaban J connectivity index is 2.04. The predicted molar refractivity (Wildman–Crippen MR) is 97.7 cm³/mol. The third-order valence-electron chi connectivity index (χ3n) is 3.50. The van der Waals surface area contributed by atoms with Crippen molar-refractivity contribution in [1.29, 1.82) is 0 Å². The minimum Gasteiger partial charge on any atom is -0.497 e. The van der Waals surface area contributed by atoms with Gasteiger partial charge in [0.2, 0.25) is 15.9 Å². The highest BCUT2D eigenvalue weighted by atomic mass is 35.5. The van der Waals surface area contributed by atoms with Crippen LogP contribution in [0.2, 0.25) is 5.02 Å². The van der Waals surface area contributed by atoms with E-state index >= 15 is 0 Å². The SMILES string of the molecule is COc1ccc(S(=O)(=O)NCCN(C(C)=O)c2cccc(Cl)c2)cc1. The zero-order valence-corrected chi connectivity index (χ0v) is 15.5. The van der Waals surface area contributed by atoms with E-state index in [0.29, 0.717) is 16.5 Å². The molecule has 0 saturated heterocycles. The normalized spacial score (nSPS) is 11.2. The first-order chi connectivity index (χ1) is 11.8. The average molecular weight is 383 g/mol. The van der Waals surface area contributed by atoms with E-state index in [1.165, 1.54) is 31.1 Å². The Morgan fingerprint density at radius 2 is 1.88 bits per heavy atom. The number of carbonyl (C=O) groups is 1.